The van der Waals surface area contributed by atoms with Gasteiger partial charge in [0, 0.05) is 0 Å². The van der Waals surface area contributed by atoms with Crippen molar-refractivity contribution in [2.24, 2.45) is 0 Å². The third-order valence-electron chi connectivity index (χ3n) is 3.35. The number of phenolic OH excluding ortho intramolecular Hbond substituents is 1. The van der Waals surface area contributed by atoms with Gasteiger partial charge in [-0.15, -0.1) is 0 Å². The first-order valence-electron chi connectivity index (χ1n) is 7.30. The van der Waals surface area contributed by atoms with Gasteiger partial charge in [-0.3, -0.25) is 4.79 Å². The van der Waals surface area contributed by atoms with E-state index in [-0.39, 0.29) is 11.3 Å². The molecular formula is C18H16N2O3. The summed E-state index contributed by atoms with van der Waals surface area (Å²) in [5.74, 6) is 0.996. The van der Waals surface area contributed by atoms with Crippen LogP contribution in [0.4, 0.5) is 0 Å². The molecule has 3 rings (SSSR count). The molecule has 5 nitrogen and oxygen atoms in total. The number of H-pyrrole nitrogens is 1. The molecule has 0 bridgehead atoms. The fourth-order valence-corrected chi connectivity index (χ4v) is 2.26. The highest BCUT2D eigenvalue weighted by Gasteiger charge is 2.03. The summed E-state index contributed by atoms with van der Waals surface area (Å²) in [6, 6.07) is 12.2. The molecule has 3 aromatic rings. The van der Waals surface area contributed by atoms with Crippen molar-refractivity contribution in [3.8, 4) is 11.5 Å². The molecule has 0 aliphatic heterocycles. The Morgan fingerprint density at radius 2 is 2.04 bits per heavy atom. The standard InChI is InChI=1S/C18H16N2O3/c1-2-23-16-11-12(7-9-15(16)21)8-10-17-19-14-6-4-3-5-13(14)18(22)20-17/h3-11,21H,2H2,1H3,(H,19,20,22)/b10-8+. The highest BCUT2D eigenvalue weighted by Crippen LogP contribution is 2.27. The average molecular weight is 308 g/mol. The van der Waals surface area contributed by atoms with E-state index in [9.17, 15) is 9.90 Å². The van der Waals surface area contributed by atoms with Gasteiger partial charge in [0.15, 0.2) is 11.5 Å². The summed E-state index contributed by atoms with van der Waals surface area (Å²) in [6.07, 6.45) is 3.52. The van der Waals surface area contributed by atoms with Crippen molar-refractivity contribution >= 4 is 23.1 Å². The normalized spacial score (nSPS) is 11.2. The Hall–Kier alpha value is -3.08. The lowest BCUT2D eigenvalue weighted by atomic mass is 10.2. The van der Waals surface area contributed by atoms with Crippen LogP contribution in [0.15, 0.2) is 47.3 Å². The van der Waals surface area contributed by atoms with Crippen molar-refractivity contribution in [1.82, 2.24) is 9.97 Å². The van der Waals surface area contributed by atoms with E-state index in [0.717, 1.165) is 5.56 Å². The molecule has 1 heterocycles. The summed E-state index contributed by atoms with van der Waals surface area (Å²) in [4.78, 5) is 19.2. The zero-order valence-corrected chi connectivity index (χ0v) is 12.6. The summed E-state index contributed by atoms with van der Waals surface area (Å²) in [7, 11) is 0. The molecule has 0 radical (unpaired) electrons. The zero-order valence-electron chi connectivity index (χ0n) is 12.6. The predicted octanol–water partition coefficient (Wildman–Crippen LogP) is 3.20. The van der Waals surface area contributed by atoms with E-state index >= 15 is 0 Å². The van der Waals surface area contributed by atoms with Crippen LogP contribution in [0.3, 0.4) is 0 Å². The van der Waals surface area contributed by atoms with Crippen molar-refractivity contribution in [2.75, 3.05) is 6.61 Å². The largest absolute Gasteiger partial charge is 0.504 e. The van der Waals surface area contributed by atoms with Crippen LogP contribution in [0.1, 0.15) is 18.3 Å². The van der Waals surface area contributed by atoms with Gasteiger partial charge in [-0.1, -0.05) is 24.3 Å². The van der Waals surface area contributed by atoms with Crippen LogP contribution >= 0.6 is 0 Å². The summed E-state index contributed by atoms with van der Waals surface area (Å²) < 4.78 is 5.35. The molecule has 0 amide bonds. The first kappa shape index (κ1) is 14.8. The van der Waals surface area contributed by atoms with Crippen molar-refractivity contribution in [3.05, 3.63) is 64.2 Å². The predicted molar refractivity (Wildman–Crippen MR) is 90.6 cm³/mol. The number of fused-ring (bicyclic) bond motifs is 1. The smallest absolute Gasteiger partial charge is 0.259 e. The van der Waals surface area contributed by atoms with Gasteiger partial charge >= 0.3 is 0 Å². The zero-order chi connectivity index (χ0) is 16.2. The molecule has 116 valence electrons. The summed E-state index contributed by atoms with van der Waals surface area (Å²) in [5.41, 5.74) is 1.31. The summed E-state index contributed by atoms with van der Waals surface area (Å²) >= 11 is 0. The first-order valence-corrected chi connectivity index (χ1v) is 7.30. The van der Waals surface area contributed by atoms with E-state index in [1.54, 1.807) is 48.6 Å². The van der Waals surface area contributed by atoms with Crippen LogP contribution in [-0.4, -0.2) is 21.7 Å². The molecule has 0 spiro atoms. The number of aromatic hydroxyl groups is 1. The number of hydrogen-bond donors (Lipinski definition) is 2. The minimum absolute atomic E-state index is 0.0984. The number of hydrogen-bond acceptors (Lipinski definition) is 4. The second kappa shape index (κ2) is 6.36. The number of aromatic nitrogens is 2. The second-order valence-corrected chi connectivity index (χ2v) is 4.96. The monoisotopic (exact) mass is 308 g/mol. The molecule has 23 heavy (non-hydrogen) atoms. The van der Waals surface area contributed by atoms with Crippen molar-refractivity contribution in [3.63, 3.8) is 0 Å². The van der Waals surface area contributed by atoms with E-state index < -0.39 is 0 Å². The topological polar surface area (TPSA) is 75.2 Å². The number of phenols is 1. The molecule has 0 aliphatic rings. The lowest BCUT2D eigenvalue weighted by Crippen LogP contribution is -2.09. The molecule has 0 atom stereocenters. The number of ether oxygens (including phenoxy) is 1. The molecule has 0 unspecified atom stereocenters. The molecular weight excluding hydrogens is 292 g/mol. The lowest BCUT2D eigenvalue weighted by Gasteiger charge is -2.06. The van der Waals surface area contributed by atoms with Crippen molar-refractivity contribution in [1.29, 1.82) is 0 Å². The van der Waals surface area contributed by atoms with Crippen molar-refractivity contribution < 1.29 is 9.84 Å². The number of aromatic amines is 1. The van der Waals surface area contributed by atoms with Gasteiger partial charge in [0.25, 0.3) is 5.56 Å². The lowest BCUT2D eigenvalue weighted by molar-refractivity contribution is 0.318. The summed E-state index contributed by atoms with van der Waals surface area (Å²) in [5, 5.41) is 10.3. The van der Waals surface area contributed by atoms with E-state index in [1.165, 1.54) is 0 Å². The average Bonchev–Trinajstić information content (AvgIpc) is 2.56. The summed E-state index contributed by atoms with van der Waals surface area (Å²) in [6.45, 7) is 2.33. The minimum atomic E-state index is -0.170. The molecule has 0 saturated heterocycles. The van der Waals surface area contributed by atoms with E-state index in [2.05, 4.69) is 9.97 Å². The Kier molecular flexibility index (Phi) is 4.10. The van der Waals surface area contributed by atoms with Gasteiger partial charge in [-0.2, -0.15) is 0 Å². The molecule has 5 heteroatoms. The van der Waals surface area contributed by atoms with Crippen LogP contribution in [0.25, 0.3) is 23.1 Å². The molecule has 2 aromatic carbocycles. The number of benzene rings is 2. The highest BCUT2D eigenvalue weighted by molar-refractivity contribution is 5.79. The van der Waals surface area contributed by atoms with Crippen LogP contribution in [0.5, 0.6) is 11.5 Å². The van der Waals surface area contributed by atoms with E-state index in [4.69, 9.17) is 4.74 Å². The quantitative estimate of drug-likeness (QED) is 0.776. The number of nitrogens with zero attached hydrogens (tertiary/aromatic N) is 1. The van der Waals surface area contributed by atoms with Gasteiger partial charge in [0.05, 0.1) is 17.5 Å². The second-order valence-electron chi connectivity index (χ2n) is 4.96. The maximum atomic E-state index is 12.0. The van der Waals surface area contributed by atoms with Crippen LogP contribution < -0.4 is 10.3 Å². The van der Waals surface area contributed by atoms with Crippen LogP contribution in [0.2, 0.25) is 0 Å². The van der Waals surface area contributed by atoms with Gasteiger partial charge in [0.2, 0.25) is 0 Å². The van der Waals surface area contributed by atoms with Crippen LogP contribution in [0, 0.1) is 0 Å². The molecule has 0 saturated carbocycles. The maximum Gasteiger partial charge on any atom is 0.259 e. The molecule has 2 N–H and O–H groups in total. The highest BCUT2D eigenvalue weighted by atomic mass is 16.5. The van der Waals surface area contributed by atoms with Crippen molar-refractivity contribution in [2.45, 2.75) is 6.92 Å². The number of para-hydroxylation sites is 1. The number of nitrogens with one attached hydrogen (secondary N) is 1. The van der Waals surface area contributed by atoms with E-state index in [0.29, 0.717) is 29.1 Å². The van der Waals surface area contributed by atoms with Gasteiger partial charge in [0.1, 0.15) is 5.82 Å². The Morgan fingerprint density at radius 3 is 2.87 bits per heavy atom. The first-order chi connectivity index (χ1) is 11.2. The van der Waals surface area contributed by atoms with Crippen LogP contribution in [-0.2, 0) is 0 Å². The van der Waals surface area contributed by atoms with Gasteiger partial charge < -0.3 is 14.8 Å². The van der Waals surface area contributed by atoms with Gasteiger partial charge in [-0.25, -0.2) is 4.98 Å². The van der Waals surface area contributed by atoms with E-state index in [1.807, 2.05) is 13.0 Å². The molecule has 0 aliphatic carbocycles. The maximum absolute atomic E-state index is 12.0. The minimum Gasteiger partial charge on any atom is -0.504 e. The Bertz CT molecular complexity index is 929. The Morgan fingerprint density at radius 1 is 1.22 bits per heavy atom. The number of rotatable bonds is 4. The Labute approximate surface area is 132 Å². The Balaban J connectivity index is 1.94. The third kappa shape index (κ3) is 3.23. The fourth-order valence-electron chi connectivity index (χ4n) is 2.26. The fraction of sp³-hybridized carbons (Fsp3) is 0.111. The molecule has 0 fully saturated rings. The van der Waals surface area contributed by atoms with Gasteiger partial charge in [-0.05, 0) is 42.8 Å². The third-order valence-corrected chi connectivity index (χ3v) is 3.35. The SMILES string of the molecule is CCOc1cc(/C=C/c2nc3ccccc3c(=O)[nH]2)ccc1O. The molecule has 1 aromatic heterocycles.